The largest absolute Gasteiger partial charge is 0.509 e. The number of aromatic amines is 1. The first-order valence-corrected chi connectivity index (χ1v) is 8.02. The van der Waals surface area contributed by atoms with Crippen LogP contribution in [0.4, 0.5) is 5.69 Å². The molecule has 4 N–H and O–H groups in total. The minimum absolute atomic E-state index is 0.0492. The van der Waals surface area contributed by atoms with Gasteiger partial charge in [-0.25, -0.2) is 9.78 Å². The number of hydrogen-bond acceptors (Lipinski definition) is 4. The molecular formula is C19H16N4O3. The highest BCUT2D eigenvalue weighted by Crippen LogP contribution is 2.31. The Balaban J connectivity index is 1.68. The Bertz CT molecular complexity index is 1080. The van der Waals surface area contributed by atoms with E-state index in [1.165, 1.54) is 12.1 Å². The topological polar surface area (TPSA) is 113 Å². The lowest BCUT2D eigenvalue weighted by Gasteiger charge is -2.18. The van der Waals surface area contributed by atoms with Crippen LogP contribution in [-0.2, 0) is 0 Å². The molecule has 26 heavy (non-hydrogen) atoms. The van der Waals surface area contributed by atoms with Gasteiger partial charge in [-0.15, -0.1) is 0 Å². The molecule has 1 aromatic heterocycles. The lowest BCUT2D eigenvalue weighted by Crippen LogP contribution is -2.26. The number of amidine groups is 1. The number of nitrogens with zero attached hydrogens (tertiary/aromatic N) is 2. The third kappa shape index (κ3) is 2.50. The number of imidazole rings is 1. The third-order valence-corrected chi connectivity index (χ3v) is 4.40. The number of hydrogen-bond donors (Lipinski definition) is 4. The van der Waals surface area contributed by atoms with E-state index in [2.05, 4.69) is 9.97 Å². The maximum atomic E-state index is 11.0. The molecule has 0 fully saturated rings. The second-order valence-corrected chi connectivity index (χ2v) is 6.21. The number of nitrogens with one attached hydrogen (secondary N) is 2. The van der Waals surface area contributed by atoms with Crippen LogP contribution in [0.1, 0.15) is 21.7 Å². The first-order valence-electron chi connectivity index (χ1n) is 8.02. The Morgan fingerprint density at radius 2 is 1.96 bits per heavy atom. The van der Waals surface area contributed by atoms with Gasteiger partial charge in [0.25, 0.3) is 0 Å². The van der Waals surface area contributed by atoms with Crippen molar-refractivity contribution >= 4 is 34.1 Å². The third-order valence-electron chi connectivity index (χ3n) is 4.40. The molecule has 0 saturated heterocycles. The quantitative estimate of drug-likeness (QED) is 0.580. The molecule has 4 rings (SSSR count). The Hall–Kier alpha value is -3.61. The molecule has 7 heteroatoms. The molecule has 0 unspecified atom stereocenters. The summed E-state index contributed by atoms with van der Waals surface area (Å²) in [7, 11) is 0. The van der Waals surface area contributed by atoms with Gasteiger partial charge < -0.3 is 20.1 Å². The molecule has 0 radical (unpaired) electrons. The zero-order valence-electron chi connectivity index (χ0n) is 13.9. The Morgan fingerprint density at radius 3 is 2.65 bits per heavy atom. The monoisotopic (exact) mass is 348 g/mol. The molecule has 2 heterocycles. The second kappa shape index (κ2) is 5.73. The minimum Gasteiger partial charge on any atom is -0.509 e. The zero-order valence-corrected chi connectivity index (χ0v) is 13.9. The van der Waals surface area contributed by atoms with Gasteiger partial charge in [0.2, 0.25) is 0 Å². The van der Waals surface area contributed by atoms with E-state index in [-0.39, 0.29) is 23.7 Å². The first kappa shape index (κ1) is 15.9. The number of aromatic nitrogens is 2. The van der Waals surface area contributed by atoms with Crippen molar-refractivity contribution in [2.24, 2.45) is 0 Å². The highest BCUT2D eigenvalue weighted by Gasteiger charge is 2.31. The van der Waals surface area contributed by atoms with Gasteiger partial charge in [0.15, 0.2) is 0 Å². The molecule has 1 aliphatic rings. The summed E-state index contributed by atoms with van der Waals surface area (Å²) in [6.07, 6.45) is 0. The van der Waals surface area contributed by atoms with Crippen LogP contribution < -0.4 is 4.90 Å². The van der Waals surface area contributed by atoms with E-state index in [0.29, 0.717) is 17.1 Å². The Labute approximate surface area is 148 Å². The van der Waals surface area contributed by atoms with Crippen molar-refractivity contribution in [1.29, 1.82) is 5.41 Å². The number of carboxylic acid groups (broad SMARTS) is 1. The lowest BCUT2D eigenvalue weighted by molar-refractivity contribution is 0.0697. The second-order valence-electron chi connectivity index (χ2n) is 6.21. The van der Waals surface area contributed by atoms with Crippen molar-refractivity contribution in [3.63, 3.8) is 0 Å². The average Bonchev–Trinajstić information content (AvgIpc) is 3.14. The highest BCUT2D eigenvalue weighted by molar-refractivity contribution is 6.30. The van der Waals surface area contributed by atoms with Crippen LogP contribution in [0.5, 0.6) is 0 Å². The smallest absolute Gasteiger partial charge is 0.335 e. The van der Waals surface area contributed by atoms with Crippen LogP contribution in [-0.4, -0.2) is 38.5 Å². The zero-order chi connectivity index (χ0) is 18.4. The van der Waals surface area contributed by atoms with Gasteiger partial charge >= 0.3 is 5.97 Å². The number of H-pyrrole nitrogens is 1. The number of aliphatic hydroxyl groups excluding tert-OH is 1. The highest BCUT2D eigenvalue weighted by atomic mass is 16.4. The van der Waals surface area contributed by atoms with Crippen LogP contribution >= 0.6 is 0 Å². The Kier molecular flexibility index (Phi) is 3.50. The van der Waals surface area contributed by atoms with Gasteiger partial charge in [-0.1, -0.05) is 6.07 Å². The molecule has 0 bridgehead atoms. The van der Waals surface area contributed by atoms with E-state index >= 15 is 0 Å². The standard InChI is InChI=1S/C19H16N4O3/c1-10-2-7-13-14(8-10)22-18(21-13)16-15(24)9-23(17(16)20)12-5-3-11(4-6-12)19(25)26/h2-8,20,24H,9H2,1H3,(H,21,22)(H,25,26). The number of rotatable bonds is 3. The van der Waals surface area contributed by atoms with E-state index in [4.69, 9.17) is 10.5 Å². The number of aliphatic hydroxyl groups is 1. The number of carbonyl (C=O) groups is 1. The molecule has 0 amide bonds. The molecule has 130 valence electrons. The van der Waals surface area contributed by atoms with Gasteiger partial charge in [-0.3, -0.25) is 5.41 Å². The molecule has 0 spiro atoms. The predicted octanol–water partition coefficient (Wildman–Crippen LogP) is 3.34. The molecule has 1 aliphatic heterocycles. The number of aryl methyl sites for hydroxylation is 1. The van der Waals surface area contributed by atoms with Gasteiger partial charge in [0.1, 0.15) is 17.4 Å². The van der Waals surface area contributed by atoms with Gasteiger partial charge in [-0.2, -0.15) is 0 Å². The number of benzene rings is 2. The van der Waals surface area contributed by atoms with Crippen molar-refractivity contribution < 1.29 is 15.0 Å². The van der Waals surface area contributed by atoms with Gasteiger partial charge in [-0.05, 0) is 48.9 Å². The maximum absolute atomic E-state index is 11.0. The van der Waals surface area contributed by atoms with E-state index in [9.17, 15) is 9.90 Å². The predicted molar refractivity (Wildman–Crippen MR) is 98.9 cm³/mol. The fourth-order valence-corrected chi connectivity index (χ4v) is 3.07. The van der Waals surface area contributed by atoms with Crippen molar-refractivity contribution in [2.75, 3.05) is 11.4 Å². The van der Waals surface area contributed by atoms with Gasteiger partial charge in [0, 0.05) is 5.69 Å². The van der Waals surface area contributed by atoms with E-state index in [0.717, 1.165) is 16.6 Å². The van der Waals surface area contributed by atoms with E-state index in [1.54, 1.807) is 17.0 Å². The van der Waals surface area contributed by atoms with Crippen LogP contribution in [0, 0.1) is 12.3 Å². The van der Waals surface area contributed by atoms with Crippen LogP contribution in [0.25, 0.3) is 16.6 Å². The summed E-state index contributed by atoms with van der Waals surface area (Å²) in [5.41, 5.74) is 3.85. The first-order chi connectivity index (χ1) is 12.4. The Morgan fingerprint density at radius 1 is 1.23 bits per heavy atom. The van der Waals surface area contributed by atoms with Gasteiger partial charge in [0.05, 0.1) is 28.7 Å². The maximum Gasteiger partial charge on any atom is 0.335 e. The van der Waals surface area contributed by atoms with Crippen molar-refractivity contribution in [3.05, 3.63) is 65.2 Å². The molecule has 0 atom stereocenters. The number of carboxylic acids is 1. The average molecular weight is 348 g/mol. The molecule has 0 aliphatic carbocycles. The molecule has 2 aromatic carbocycles. The summed E-state index contributed by atoms with van der Waals surface area (Å²) in [5, 5.41) is 27.9. The van der Waals surface area contributed by atoms with Crippen molar-refractivity contribution in [2.45, 2.75) is 6.92 Å². The summed E-state index contributed by atoms with van der Waals surface area (Å²) in [5.74, 6) is -0.403. The summed E-state index contributed by atoms with van der Waals surface area (Å²) in [4.78, 5) is 20.2. The summed E-state index contributed by atoms with van der Waals surface area (Å²) in [6, 6.07) is 12.0. The SMILES string of the molecule is Cc1ccc2nc(C3=C(O)CN(c4ccc(C(=O)O)cc4)C3=N)[nH]c2c1. The lowest BCUT2D eigenvalue weighted by atomic mass is 10.2. The van der Waals surface area contributed by atoms with Crippen molar-refractivity contribution in [3.8, 4) is 0 Å². The normalized spacial score (nSPS) is 14.5. The minimum atomic E-state index is -1.01. The number of anilines is 1. The van der Waals surface area contributed by atoms with E-state index < -0.39 is 5.97 Å². The molecule has 3 aromatic rings. The van der Waals surface area contributed by atoms with Crippen LogP contribution in [0.3, 0.4) is 0 Å². The number of aromatic carboxylic acids is 1. The number of fused-ring (bicyclic) bond motifs is 1. The van der Waals surface area contributed by atoms with E-state index in [1.807, 2.05) is 25.1 Å². The van der Waals surface area contributed by atoms with Crippen LogP contribution in [0.2, 0.25) is 0 Å². The summed E-state index contributed by atoms with van der Waals surface area (Å²) in [6.45, 7) is 2.12. The van der Waals surface area contributed by atoms with Crippen LogP contribution in [0.15, 0.2) is 48.2 Å². The summed E-state index contributed by atoms with van der Waals surface area (Å²) >= 11 is 0. The summed E-state index contributed by atoms with van der Waals surface area (Å²) < 4.78 is 0. The fraction of sp³-hybridized carbons (Fsp3) is 0.105. The fourth-order valence-electron chi connectivity index (χ4n) is 3.07. The molecular weight excluding hydrogens is 332 g/mol. The van der Waals surface area contributed by atoms with Crippen molar-refractivity contribution in [1.82, 2.24) is 9.97 Å². The molecule has 7 nitrogen and oxygen atoms in total. The molecule has 0 saturated carbocycles.